The lowest BCUT2D eigenvalue weighted by molar-refractivity contribution is 0.289. The standard InChI is InChI=1S/C9H10Cl2FNO3S/c10-6-5-9(17(13,14)15)7(11)4-8(6)16-3-1-2-12/h4-5H,1-3H2,(H2,13,14,15). The third-order valence-electron chi connectivity index (χ3n) is 1.83. The summed E-state index contributed by atoms with van der Waals surface area (Å²) in [6, 6.07) is 2.34. The van der Waals surface area contributed by atoms with Gasteiger partial charge in [-0.05, 0) is 6.07 Å². The molecular formula is C9H10Cl2FNO3S. The maximum absolute atomic E-state index is 11.9. The predicted octanol–water partition coefficient (Wildman–Crippen LogP) is 2.38. The van der Waals surface area contributed by atoms with Crippen molar-refractivity contribution in [2.45, 2.75) is 11.3 Å². The number of rotatable bonds is 5. The number of hydrogen-bond donors (Lipinski definition) is 1. The molecule has 0 heterocycles. The summed E-state index contributed by atoms with van der Waals surface area (Å²) in [6.07, 6.45) is 0.213. The van der Waals surface area contributed by atoms with Gasteiger partial charge < -0.3 is 4.74 Å². The number of primary sulfonamides is 1. The molecule has 0 saturated heterocycles. The van der Waals surface area contributed by atoms with E-state index < -0.39 is 16.7 Å². The van der Waals surface area contributed by atoms with Crippen molar-refractivity contribution in [2.24, 2.45) is 5.14 Å². The Hall–Kier alpha value is -0.560. The second-order valence-electron chi connectivity index (χ2n) is 3.15. The fourth-order valence-electron chi connectivity index (χ4n) is 1.08. The van der Waals surface area contributed by atoms with Crippen LogP contribution in [0.4, 0.5) is 4.39 Å². The summed E-state index contributed by atoms with van der Waals surface area (Å²) < 4.78 is 39.2. The fourth-order valence-corrected chi connectivity index (χ4v) is 2.45. The Bertz CT molecular complexity index is 507. The van der Waals surface area contributed by atoms with E-state index in [1.165, 1.54) is 6.07 Å². The summed E-state index contributed by atoms with van der Waals surface area (Å²) in [4.78, 5) is -0.276. The van der Waals surface area contributed by atoms with E-state index in [0.29, 0.717) is 0 Å². The molecule has 17 heavy (non-hydrogen) atoms. The van der Waals surface area contributed by atoms with E-state index in [0.717, 1.165) is 6.07 Å². The van der Waals surface area contributed by atoms with Crippen molar-refractivity contribution in [1.29, 1.82) is 0 Å². The molecule has 0 aliphatic carbocycles. The van der Waals surface area contributed by atoms with E-state index in [-0.39, 0.29) is 33.7 Å². The smallest absolute Gasteiger partial charge is 0.239 e. The Morgan fingerprint density at radius 1 is 1.29 bits per heavy atom. The van der Waals surface area contributed by atoms with Gasteiger partial charge >= 0.3 is 0 Å². The van der Waals surface area contributed by atoms with Crippen molar-refractivity contribution in [1.82, 2.24) is 0 Å². The van der Waals surface area contributed by atoms with Gasteiger partial charge in [0.15, 0.2) is 0 Å². The van der Waals surface area contributed by atoms with Crippen LogP contribution in [0.5, 0.6) is 5.75 Å². The minimum absolute atomic E-state index is 0.0530. The van der Waals surface area contributed by atoms with Crippen molar-refractivity contribution < 1.29 is 17.5 Å². The van der Waals surface area contributed by atoms with Crippen molar-refractivity contribution >= 4 is 33.2 Å². The average molecular weight is 302 g/mol. The van der Waals surface area contributed by atoms with Crippen LogP contribution >= 0.6 is 23.2 Å². The molecule has 0 unspecified atom stereocenters. The van der Waals surface area contributed by atoms with Crippen molar-refractivity contribution in [3.8, 4) is 5.75 Å². The van der Waals surface area contributed by atoms with E-state index in [9.17, 15) is 12.8 Å². The maximum atomic E-state index is 11.9. The molecule has 1 rings (SSSR count). The maximum Gasteiger partial charge on any atom is 0.239 e. The first-order chi connectivity index (χ1) is 7.86. The summed E-state index contributed by atoms with van der Waals surface area (Å²) in [5.41, 5.74) is 0. The minimum Gasteiger partial charge on any atom is -0.492 e. The highest BCUT2D eigenvalue weighted by atomic mass is 35.5. The predicted molar refractivity (Wildman–Crippen MR) is 63.9 cm³/mol. The van der Waals surface area contributed by atoms with E-state index >= 15 is 0 Å². The normalized spacial score (nSPS) is 11.5. The number of halogens is 3. The van der Waals surface area contributed by atoms with Gasteiger partial charge in [0.25, 0.3) is 0 Å². The van der Waals surface area contributed by atoms with Crippen LogP contribution in [0.3, 0.4) is 0 Å². The summed E-state index contributed by atoms with van der Waals surface area (Å²) >= 11 is 11.5. The summed E-state index contributed by atoms with van der Waals surface area (Å²) in [5, 5.41) is 4.90. The molecule has 96 valence electrons. The Morgan fingerprint density at radius 2 is 1.94 bits per heavy atom. The van der Waals surface area contributed by atoms with Crippen LogP contribution < -0.4 is 9.88 Å². The van der Waals surface area contributed by atoms with E-state index in [1.54, 1.807) is 0 Å². The molecule has 0 atom stereocenters. The van der Waals surface area contributed by atoms with Crippen LogP contribution in [0.1, 0.15) is 6.42 Å². The first-order valence-corrected chi connectivity index (χ1v) is 6.87. The Labute approximate surface area is 109 Å². The molecule has 2 N–H and O–H groups in total. The molecule has 8 heteroatoms. The van der Waals surface area contributed by atoms with Gasteiger partial charge in [-0.2, -0.15) is 0 Å². The number of ether oxygens (including phenoxy) is 1. The summed E-state index contributed by atoms with van der Waals surface area (Å²) in [7, 11) is -3.93. The zero-order valence-electron chi connectivity index (χ0n) is 8.62. The van der Waals surface area contributed by atoms with Gasteiger partial charge in [-0.1, -0.05) is 23.2 Å². The molecule has 0 spiro atoms. The largest absolute Gasteiger partial charge is 0.492 e. The second-order valence-corrected chi connectivity index (χ2v) is 5.49. The zero-order valence-corrected chi connectivity index (χ0v) is 10.9. The molecule has 1 aromatic rings. The SMILES string of the molecule is NS(=O)(=O)c1cc(Cl)c(OCCCF)cc1Cl. The molecule has 0 aliphatic rings. The number of nitrogens with two attached hydrogens (primary N) is 1. The van der Waals surface area contributed by atoms with E-state index in [2.05, 4.69) is 0 Å². The molecule has 4 nitrogen and oxygen atoms in total. The van der Waals surface area contributed by atoms with Crippen LogP contribution in [0, 0.1) is 0 Å². The summed E-state index contributed by atoms with van der Waals surface area (Å²) in [5.74, 6) is 0.192. The molecule has 0 amide bonds. The molecule has 0 aromatic heterocycles. The molecule has 0 aliphatic heterocycles. The lowest BCUT2D eigenvalue weighted by Crippen LogP contribution is -2.13. The zero-order chi connectivity index (χ0) is 13.1. The number of alkyl halides is 1. The molecular weight excluding hydrogens is 292 g/mol. The topological polar surface area (TPSA) is 69.4 Å². The fraction of sp³-hybridized carbons (Fsp3) is 0.333. The Kier molecular flexibility index (Phi) is 5.00. The highest BCUT2D eigenvalue weighted by molar-refractivity contribution is 7.89. The van der Waals surface area contributed by atoms with E-state index in [4.69, 9.17) is 33.1 Å². The third kappa shape index (κ3) is 3.99. The van der Waals surface area contributed by atoms with Gasteiger partial charge in [-0.3, -0.25) is 4.39 Å². The monoisotopic (exact) mass is 301 g/mol. The molecule has 0 bridgehead atoms. The minimum atomic E-state index is -3.93. The van der Waals surface area contributed by atoms with Crippen molar-refractivity contribution in [2.75, 3.05) is 13.3 Å². The van der Waals surface area contributed by atoms with Crippen LogP contribution in [-0.4, -0.2) is 21.7 Å². The van der Waals surface area contributed by atoms with Gasteiger partial charge in [-0.25, -0.2) is 13.6 Å². The Balaban J connectivity index is 3.02. The number of sulfonamides is 1. The van der Waals surface area contributed by atoms with E-state index in [1.807, 2.05) is 0 Å². The molecule has 0 radical (unpaired) electrons. The molecule has 0 fully saturated rings. The Morgan fingerprint density at radius 3 is 2.47 bits per heavy atom. The van der Waals surface area contributed by atoms with Crippen LogP contribution in [0.25, 0.3) is 0 Å². The molecule has 0 saturated carbocycles. The van der Waals surface area contributed by atoms with Crippen LogP contribution in [0.15, 0.2) is 17.0 Å². The lowest BCUT2D eigenvalue weighted by Gasteiger charge is -2.09. The summed E-state index contributed by atoms with van der Waals surface area (Å²) in [6.45, 7) is -0.387. The highest BCUT2D eigenvalue weighted by Crippen LogP contribution is 2.33. The van der Waals surface area contributed by atoms with Gasteiger partial charge in [-0.15, -0.1) is 0 Å². The third-order valence-corrected chi connectivity index (χ3v) is 3.50. The second kappa shape index (κ2) is 5.86. The first-order valence-electron chi connectivity index (χ1n) is 4.57. The first kappa shape index (κ1) is 14.5. The number of benzene rings is 1. The van der Waals surface area contributed by atoms with Gasteiger partial charge in [0.1, 0.15) is 10.6 Å². The average Bonchev–Trinajstić information content (AvgIpc) is 2.21. The van der Waals surface area contributed by atoms with Gasteiger partial charge in [0.2, 0.25) is 10.0 Å². The van der Waals surface area contributed by atoms with Crippen LogP contribution in [-0.2, 0) is 10.0 Å². The lowest BCUT2D eigenvalue weighted by atomic mass is 10.3. The quantitative estimate of drug-likeness (QED) is 0.849. The number of hydrogen-bond acceptors (Lipinski definition) is 3. The van der Waals surface area contributed by atoms with Gasteiger partial charge in [0, 0.05) is 12.5 Å². The molecule has 1 aromatic carbocycles. The van der Waals surface area contributed by atoms with Crippen molar-refractivity contribution in [3.63, 3.8) is 0 Å². The van der Waals surface area contributed by atoms with Gasteiger partial charge in [0.05, 0.1) is 23.3 Å². The highest BCUT2D eigenvalue weighted by Gasteiger charge is 2.16. The van der Waals surface area contributed by atoms with Crippen molar-refractivity contribution in [3.05, 3.63) is 22.2 Å². The van der Waals surface area contributed by atoms with Crippen LogP contribution in [0.2, 0.25) is 10.0 Å².